The van der Waals surface area contributed by atoms with Crippen molar-refractivity contribution in [3.8, 4) is 61.7 Å². The van der Waals surface area contributed by atoms with Crippen molar-refractivity contribution in [2.45, 2.75) is 0 Å². The summed E-state index contributed by atoms with van der Waals surface area (Å²) in [6, 6.07) is 66.2. The van der Waals surface area contributed by atoms with Crippen LogP contribution in [0.4, 0.5) is 0 Å². The molecular weight excluding hydrogens is 617 g/mol. The number of rotatable bonds is 2. The SMILES string of the molecule is c1ccc2c(c1)B1c3cccc(-c4ccccc4-n4c5ccccc5c5ccccc54)c3Oc3cccc(c31)-c1ccccc1-c1ccccc1-2. The van der Waals surface area contributed by atoms with Gasteiger partial charge >= 0.3 is 0 Å². The van der Waals surface area contributed by atoms with Crippen molar-refractivity contribution in [1.29, 1.82) is 0 Å². The Morgan fingerprint density at radius 2 is 0.824 bits per heavy atom. The molecule has 2 aliphatic heterocycles. The minimum atomic E-state index is -0.0456. The molecule has 0 aliphatic carbocycles. The molecule has 2 aliphatic rings. The van der Waals surface area contributed by atoms with E-state index in [-0.39, 0.29) is 6.71 Å². The molecule has 0 N–H and O–H groups in total. The van der Waals surface area contributed by atoms with Crippen molar-refractivity contribution >= 4 is 44.9 Å². The van der Waals surface area contributed by atoms with E-state index in [1.165, 1.54) is 71.6 Å². The number of para-hydroxylation sites is 4. The average molecular weight is 648 g/mol. The Morgan fingerprint density at radius 1 is 0.353 bits per heavy atom. The zero-order valence-corrected chi connectivity index (χ0v) is 27.8. The van der Waals surface area contributed by atoms with Gasteiger partial charge in [-0.05, 0) is 68.6 Å². The van der Waals surface area contributed by atoms with Gasteiger partial charge in [-0.2, -0.15) is 0 Å². The molecule has 0 bridgehead atoms. The van der Waals surface area contributed by atoms with Gasteiger partial charge in [0.1, 0.15) is 11.5 Å². The molecule has 0 amide bonds. The van der Waals surface area contributed by atoms with Crippen LogP contribution >= 0.6 is 0 Å². The van der Waals surface area contributed by atoms with E-state index < -0.39 is 0 Å². The van der Waals surface area contributed by atoms with Crippen LogP contribution in [-0.4, -0.2) is 11.3 Å². The van der Waals surface area contributed by atoms with Crippen molar-refractivity contribution in [1.82, 2.24) is 4.57 Å². The zero-order valence-electron chi connectivity index (χ0n) is 27.8. The van der Waals surface area contributed by atoms with Gasteiger partial charge in [-0.25, -0.2) is 0 Å². The lowest BCUT2D eigenvalue weighted by Gasteiger charge is -2.31. The Kier molecular flexibility index (Phi) is 6.08. The molecule has 1 aromatic heterocycles. The molecule has 0 atom stereocenters. The van der Waals surface area contributed by atoms with Crippen molar-refractivity contribution in [3.05, 3.63) is 182 Å². The monoisotopic (exact) mass is 647 g/mol. The van der Waals surface area contributed by atoms with Crippen LogP contribution in [0, 0.1) is 0 Å². The Bertz CT molecular complexity index is 2810. The van der Waals surface area contributed by atoms with Crippen LogP contribution in [0.1, 0.15) is 0 Å². The smallest absolute Gasteiger partial charge is 0.252 e. The fourth-order valence-electron chi connectivity index (χ4n) is 8.84. The van der Waals surface area contributed by atoms with E-state index in [2.05, 4.69) is 187 Å². The summed E-state index contributed by atoms with van der Waals surface area (Å²) in [5.41, 5.74) is 16.8. The van der Waals surface area contributed by atoms with Gasteiger partial charge in [-0.1, -0.05) is 163 Å². The molecular formula is C48H30BNO. The molecule has 9 aromatic rings. The lowest BCUT2D eigenvalue weighted by Crippen LogP contribution is -2.56. The summed E-state index contributed by atoms with van der Waals surface area (Å²) in [4.78, 5) is 0. The summed E-state index contributed by atoms with van der Waals surface area (Å²) >= 11 is 0. The number of ether oxygens (including phenoxy) is 1. The maximum atomic E-state index is 7.19. The molecule has 2 nitrogen and oxygen atoms in total. The molecule has 51 heavy (non-hydrogen) atoms. The molecule has 0 spiro atoms. The van der Waals surface area contributed by atoms with E-state index in [9.17, 15) is 0 Å². The van der Waals surface area contributed by atoms with E-state index in [1.807, 2.05) is 0 Å². The third-order valence-corrected chi connectivity index (χ3v) is 10.9. The first-order valence-corrected chi connectivity index (χ1v) is 17.6. The predicted octanol–water partition coefficient (Wildman–Crippen LogP) is 10.4. The lowest BCUT2D eigenvalue weighted by atomic mass is 9.34. The lowest BCUT2D eigenvalue weighted by molar-refractivity contribution is 0.489. The topological polar surface area (TPSA) is 14.2 Å². The van der Waals surface area contributed by atoms with Crippen LogP contribution < -0.4 is 21.1 Å². The van der Waals surface area contributed by atoms with E-state index in [4.69, 9.17) is 4.74 Å². The standard InChI is InChI=1S/C48H30BNO/c1-3-17-33-31(15-1)32-16-2-4-18-34(32)39-23-14-30-46-47(39)49(41-25-9-5-19-35(33)41)42-26-13-24-40(48(42)51-46)38-22-8-12-29-45(38)50-43-27-10-6-20-36(43)37-21-7-11-28-44(37)50/h1-30H. The number of hydrogen-bond donors (Lipinski definition) is 0. The van der Waals surface area contributed by atoms with Crippen LogP contribution in [0.25, 0.3) is 72.0 Å². The second-order valence-electron chi connectivity index (χ2n) is 13.5. The van der Waals surface area contributed by atoms with Crippen LogP contribution in [0.2, 0.25) is 0 Å². The van der Waals surface area contributed by atoms with Crippen molar-refractivity contribution < 1.29 is 4.74 Å². The van der Waals surface area contributed by atoms with Gasteiger partial charge in [0.05, 0.1) is 16.7 Å². The van der Waals surface area contributed by atoms with E-state index in [0.29, 0.717) is 0 Å². The van der Waals surface area contributed by atoms with E-state index in [0.717, 1.165) is 28.3 Å². The van der Waals surface area contributed by atoms with Crippen molar-refractivity contribution in [2.24, 2.45) is 0 Å². The van der Waals surface area contributed by atoms with E-state index in [1.54, 1.807) is 0 Å². The zero-order chi connectivity index (χ0) is 33.5. The fourth-order valence-corrected chi connectivity index (χ4v) is 8.84. The van der Waals surface area contributed by atoms with Crippen LogP contribution in [0.3, 0.4) is 0 Å². The normalized spacial score (nSPS) is 12.4. The van der Waals surface area contributed by atoms with Crippen LogP contribution in [-0.2, 0) is 0 Å². The molecule has 0 unspecified atom stereocenters. The third kappa shape index (κ3) is 4.06. The number of nitrogens with zero attached hydrogens (tertiary/aromatic N) is 1. The first-order chi connectivity index (χ1) is 25.3. The van der Waals surface area contributed by atoms with Gasteiger partial charge < -0.3 is 9.30 Å². The predicted molar refractivity (Wildman–Crippen MR) is 214 cm³/mol. The summed E-state index contributed by atoms with van der Waals surface area (Å²) in [5, 5.41) is 2.50. The molecule has 3 heteroatoms. The highest BCUT2D eigenvalue weighted by molar-refractivity contribution is 6.98. The van der Waals surface area contributed by atoms with Crippen LogP contribution in [0.15, 0.2) is 182 Å². The maximum Gasteiger partial charge on any atom is 0.252 e. The quantitative estimate of drug-likeness (QED) is 0.170. The molecule has 3 heterocycles. The van der Waals surface area contributed by atoms with Crippen LogP contribution in [0.5, 0.6) is 11.5 Å². The fraction of sp³-hybridized carbons (Fsp3) is 0. The minimum Gasteiger partial charge on any atom is -0.458 e. The highest BCUT2D eigenvalue weighted by atomic mass is 16.5. The average Bonchev–Trinajstić information content (AvgIpc) is 3.55. The molecule has 11 rings (SSSR count). The summed E-state index contributed by atoms with van der Waals surface area (Å²) in [6.45, 7) is -0.0456. The molecule has 8 aromatic carbocycles. The van der Waals surface area contributed by atoms with Gasteiger partial charge in [-0.15, -0.1) is 0 Å². The largest absolute Gasteiger partial charge is 0.458 e. The van der Waals surface area contributed by atoms with Gasteiger partial charge in [-0.3, -0.25) is 0 Å². The Hall–Kier alpha value is -6.58. The first-order valence-electron chi connectivity index (χ1n) is 17.6. The Labute approximate surface area is 296 Å². The number of aromatic nitrogens is 1. The second kappa shape index (κ2) is 11.0. The molecule has 0 saturated heterocycles. The summed E-state index contributed by atoms with van der Waals surface area (Å²) in [5.74, 6) is 1.82. The number of fused-ring (bicyclic) bond motifs is 12. The second-order valence-corrected chi connectivity index (χ2v) is 13.5. The molecule has 0 radical (unpaired) electrons. The summed E-state index contributed by atoms with van der Waals surface area (Å²) in [6.07, 6.45) is 0. The number of hydrogen-bond acceptors (Lipinski definition) is 1. The Morgan fingerprint density at radius 3 is 1.53 bits per heavy atom. The highest BCUT2D eigenvalue weighted by Gasteiger charge is 2.38. The highest BCUT2D eigenvalue weighted by Crippen LogP contribution is 2.44. The number of benzene rings is 8. The molecule has 0 saturated carbocycles. The summed E-state index contributed by atoms with van der Waals surface area (Å²) in [7, 11) is 0. The third-order valence-electron chi connectivity index (χ3n) is 10.9. The maximum absolute atomic E-state index is 7.19. The minimum absolute atomic E-state index is 0.0456. The first kappa shape index (κ1) is 28.3. The van der Waals surface area contributed by atoms with Crippen molar-refractivity contribution in [2.75, 3.05) is 0 Å². The van der Waals surface area contributed by atoms with Gasteiger partial charge in [0.15, 0.2) is 0 Å². The molecule has 236 valence electrons. The molecule has 0 fully saturated rings. The Balaban J connectivity index is 1.21. The summed E-state index contributed by atoms with van der Waals surface area (Å²) < 4.78 is 9.61. The van der Waals surface area contributed by atoms with Crippen molar-refractivity contribution in [3.63, 3.8) is 0 Å². The van der Waals surface area contributed by atoms with E-state index >= 15 is 0 Å². The van der Waals surface area contributed by atoms with Gasteiger partial charge in [0, 0.05) is 21.9 Å². The van der Waals surface area contributed by atoms with Gasteiger partial charge in [0.2, 0.25) is 0 Å². The van der Waals surface area contributed by atoms with Gasteiger partial charge in [0.25, 0.3) is 6.71 Å².